The molecule has 0 heterocycles. The lowest BCUT2D eigenvalue weighted by Gasteiger charge is -2.07. The third-order valence-electron chi connectivity index (χ3n) is 2.33. The summed E-state index contributed by atoms with van der Waals surface area (Å²) < 4.78 is 0. The van der Waals surface area contributed by atoms with Crippen LogP contribution in [-0.4, -0.2) is 18.1 Å². The van der Waals surface area contributed by atoms with E-state index in [2.05, 4.69) is 43.4 Å². The van der Waals surface area contributed by atoms with Crippen molar-refractivity contribution in [2.45, 2.75) is 26.7 Å². The van der Waals surface area contributed by atoms with Gasteiger partial charge < -0.3 is 5.32 Å². The fourth-order valence-corrected chi connectivity index (χ4v) is 2.09. The van der Waals surface area contributed by atoms with E-state index in [1.165, 1.54) is 29.2 Å². The molecule has 0 aliphatic rings. The highest BCUT2D eigenvalue weighted by atomic mass is 32.2. The lowest BCUT2D eigenvalue weighted by Crippen LogP contribution is -2.02. The second kappa shape index (κ2) is 7.63. The average molecular weight is 223 g/mol. The molecule has 1 aromatic carbocycles. The van der Waals surface area contributed by atoms with E-state index in [9.17, 15) is 0 Å². The van der Waals surface area contributed by atoms with E-state index >= 15 is 0 Å². The van der Waals surface area contributed by atoms with Crippen LogP contribution in [0.4, 0.5) is 5.69 Å². The zero-order valence-corrected chi connectivity index (χ0v) is 10.6. The number of rotatable bonds is 7. The third kappa shape index (κ3) is 5.12. The standard InChI is InChI=1S/C13H21NS/c1-3-12-7-5-8-13(11-12)14-9-6-10-15-4-2/h5,7-8,11,14H,3-4,6,9-10H2,1-2H3. The van der Waals surface area contributed by atoms with Gasteiger partial charge in [0.15, 0.2) is 0 Å². The van der Waals surface area contributed by atoms with E-state index in [1.807, 2.05) is 11.8 Å². The highest BCUT2D eigenvalue weighted by Gasteiger charge is 1.93. The summed E-state index contributed by atoms with van der Waals surface area (Å²) in [6.45, 7) is 5.49. The number of nitrogens with one attached hydrogen (secondary N) is 1. The molecule has 2 heteroatoms. The predicted molar refractivity (Wildman–Crippen MR) is 71.9 cm³/mol. The SMILES string of the molecule is CCSCCCNc1cccc(CC)c1. The van der Waals surface area contributed by atoms with Crippen LogP contribution in [0.5, 0.6) is 0 Å². The van der Waals surface area contributed by atoms with Crippen molar-refractivity contribution < 1.29 is 0 Å². The first kappa shape index (κ1) is 12.4. The van der Waals surface area contributed by atoms with Crippen molar-refractivity contribution >= 4 is 17.4 Å². The monoisotopic (exact) mass is 223 g/mol. The minimum absolute atomic E-state index is 1.08. The van der Waals surface area contributed by atoms with Crippen LogP contribution in [0.2, 0.25) is 0 Å². The number of aryl methyl sites for hydroxylation is 1. The molecule has 0 aliphatic carbocycles. The molecule has 15 heavy (non-hydrogen) atoms. The van der Waals surface area contributed by atoms with Crippen molar-refractivity contribution in [2.75, 3.05) is 23.4 Å². The van der Waals surface area contributed by atoms with E-state index in [0.29, 0.717) is 0 Å². The highest BCUT2D eigenvalue weighted by molar-refractivity contribution is 7.99. The molecule has 0 saturated carbocycles. The maximum Gasteiger partial charge on any atom is 0.0342 e. The van der Waals surface area contributed by atoms with Crippen LogP contribution >= 0.6 is 11.8 Å². The second-order valence-electron chi connectivity index (χ2n) is 3.53. The number of benzene rings is 1. The molecule has 0 aliphatic heterocycles. The van der Waals surface area contributed by atoms with E-state index in [4.69, 9.17) is 0 Å². The summed E-state index contributed by atoms with van der Waals surface area (Å²) in [5, 5.41) is 3.46. The molecule has 84 valence electrons. The first-order valence-corrected chi connectivity index (χ1v) is 6.92. The Morgan fingerprint density at radius 1 is 1.27 bits per heavy atom. The molecule has 0 atom stereocenters. The quantitative estimate of drug-likeness (QED) is 0.706. The number of anilines is 1. The number of hydrogen-bond donors (Lipinski definition) is 1. The minimum Gasteiger partial charge on any atom is -0.385 e. The van der Waals surface area contributed by atoms with Gasteiger partial charge in [-0.05, 0) is 42.0 Å². The van der Waals surface area contributed by atoms with Gasteiger partial charge in [-0.2, -0.15) is 11.8 Å². The molecule has 0 fully saturated rings. The Bertz CT molecular complexity index is 273. The Morgan fingerprint density at radius 3 is 2.87 bits per heavy atom. The summed E-state index contributed by atoms with van der Waals surface area (Å²) in [7, 11) is 0. The van der Waals surface area contributed by atoms with Gasteiger partial charge in [-0.1, -0.05) is 26.0 Å². The van der Waals surface area contributed by atoms with Crippen molar-refractivity contribution in [3.05, 3.63) is 29.8 Å². The molecule has 0 amide bonds. The molecule has 0 saturated heterocycles. The Hall–Kier alpha value is -0.630. The van der Waals surface area contributed by atoms with Crippen LogP contribution in [0.15, 0.2) is 24.3 Å². The second-order valence-corrected chi connectivity index (χ2v) is 4.93. The fraction of sp³-hybridized carbons (Fsp3) is 0.538. The molecule has 0 bridgehead atoms. The van der Waals surface area contributed by atoms with Gasteiger partial charge in [-0.25, -0.2) is 0 Å². The average Bonchev–Trinajstić information content (AvgIpc) is 2.29. The van der Waals surface area contributed by atoms with E-state index in [1.54, 1.807) is 0 Å². The highest BCUT2D eigenvalue weighted by Crippen LogP contribution is 2.11. The minimum atomic E-state index is 1.08. The molecule has 0 unspecified atom stereocenters. The molecular formula is C13H21NS. The molecule has 0 aromatic heterocycles. The Balaban J connectivity index is 2.24. The summed E-state index contributed by atoms with van der Waals surface area (Å²) in [4.78, 5) is 0. The molecule has 0 spiro atoms. The Labute approximate surface area is 97.7 Å². The van der Waals surface area contributed by atoms with Crippen molar-refractivity contribution in [2.24, 2.45) is 0 Å². The zero-order valence-electron chi connectivity index (χ0n) is 9.75. The van der Waals surface area contributed by atoms with Crippen LogP contribution in [0.3, 0.4) is 0 Å². The summed E-state index contributed by atoms with van der Waals surface area (Å²) in [6, 6.07) is 8.69. The van der Waals surface area contributed by atoms with Gasteiger partial charge >= 0.3 is 0 Å². The van der Waals surface area contributed by atoms with Crippen molar-refractivity contribution in [1.29, 1.82) is 0 Å². The predicted octanol–water partition coefficient (Wildman–Crippen LogP) is 3.80. The molecule has 1 rings (SSSR count). The first-order valence-electron chi connectivity index (χ1n) is 5.77. The molecule has 0 radical (unpaired) electrons. The van der Waals surface area contributed by atoms with Crippen LogP contribution in [0, 0.1) is 0 Å². The van der Waals surface area contributed by atoms with E-state index < -0.39 is 0 Å². The van der Waals surface area contributed by atoms with Crippen LogP contribution in [0.25, 0.3) is 0 Å². The largest absolute Gasteiger partial charge is 0.385 e. The van der Waals surface area contributed by atoms with E-state index in [0.717, 1.165) is 13.0 Å². The van der Waals surface area contributed by atoms with E-state index in [-0.39, 0.29) is 0 Å². The number of thioether (sulfide) groups is 1. The topological polar surface area (TPSA) is 12.0 Å². The van der Waals surface area contributed by atoms with Crippen LogP contribution in [0.1, 0.15) is 25.8 Å². The Morgan fingerprint density at radius 2 is 2.13 bits per heavy atom. The lowest BCUT2D eigenvalue weighted by molar-refractivity contribution is 0.990. The number of hydrogen-bond acceptors (Lipinski definition) is 2. The first-order chi connectivity index (χ1) is 7.36. The molecular weight excluding hydrogens is 202 g/mol. The van der Waals surface area contributed by atoms with Crippen molar-refractivity contribution in [1.82, 2.24) is 0 Å². The summed E-state index contributed by atoms with van der Waals surface area (Å²) in [5.41, 5.74) is 2.67. The summed E-state index contributed by atoms with van der Waals surface area (Å²) in [5.74, 6) is 2.49. The smallest absolute Gasteiger partial charge is 0.0342 e. The fourth-order valence-electron chi connectivity index (χ4n) is 1.45. The van der Waals surface area contributed by atoms with Gasteiger partial charge in [-0.3, -0.25) is 0 Å². The zero-order chi connectivity index (χ0) is 10.9. The molecule has 1 aromatic rings. The van der Waals surface area contributed by atoms with Crippen LogP contribution in [-0.2, 0) is 6.42 Å². The van der Waals surface area contributed by atoms with Gasteiger partial charge in [0.1, 0.15) is 0 Å². The van der Waals surface area contributed by atoms with Crippen molar-refractivity contribution in [3.63, 3.8) is 0 Å². The van der Waals surface area contributed by atoms with Gasteiger partial charge in [0.05, 0.1) is 0 Å². The Kier molecular flexibility index (Phi) is 6.33. The van der Waals surface area contributed by atoms with Gasteiger partial charge in [-0.15, -0.1) is 0 Å². The maximum absolute atomic E-state index is 3.46. The molecule has 1 nitrogen and oxygen atoms in total. The molecule has 1 N–H and O–H groups in total. The maximum atomic E-state index is 3.46. The lowest BCUT2D eigenvalue weighted by atomic mass is 10.1. The summed E-state index contributed by atoms with van der Waals surface area (Å²) >= 11 is 2.01. The van der Waals surface area contributed by atoms with Gasteiger partial charge in [0.2, 0.25) is 0 Å². The van der Waals surface area contributed by atoms with Gasteiger partial charge in [0, 0.05) is 12.2 Å². The normalized spacial score (nSPS) is 10.3. The summed E-state index contributed by atoms with van der Waals surface area (Å²) in [6.07, 6.45) is 2.36. The van der Waals surface area contributed by atoms with Crippen LogP contribution < -0.4 is 5.32 Å². The van der Waals surface area contributed by atoms with Gasteiger partial charge in [0.25, 0.3) is 0 Å². The van der Waals surface area contributed by atoms with Crippen molar-refractivity contribution in [3.8, 4) is 0 Å². The third-order valence-corrected chi connectivity index (χ3v) is 3.32.